The summed E-state index contributed by atoms with van der Waals surface area (Å²) in [5.74, 6) is -0.966. The minimum absolute atomic E-state index is 0.183. The molecule has 7 heteroatoms. The Hall–Kier alpha value is -1.80. The summed E-state index contributed by atoms with van der Waals surface area (Å²) >= 11 is 0. The van der Waals surface area contributed by atoms with Crippen LogP contribution in [0.1, 0.15) is 18.8 Å². The lowest BCUT2D eigenvalue weighted by atomic mass is 9.99. The number of esters is 1. The predicted octanol–water partition coefficient (Wildman–Crippen LogP) is 0.973. The Labute approximate surface area is 133 Å². The maximum atomic E-state index is 12.6. The normalized spacial score (nSPS) is 33.8. The van der Waals surface area contributed by atoms with Gasteiger partial charge in [-0.05, 0) is 0 Å². The molecule has 0 unspecified atom stereocenters. The van der Waals surface area contributed by atoms with Crippen molar-refractivity contribution in [1.82, 2.24) is 0 Å². The largest absolute Gasteiger partial charge is 0.449 e. The standard InChI is InChI=1S/C16H18O7/c1-9(17)21-14-12(18)13-11(22-16(14)19-2)8-20-15(23-13)10-6-4-3-5-7-10/h3-7,11,13-16H,8H2,1-2H3/t11-,13-,14-,15+,16-/m1/s1. The van der Waals surface area contributed by atoms with Gasteiger partial charge in [-0.15, -0.1) is 0 Å². The summed E-state index contributed by atoms with van der Waals surface area (Å²) in [6.07, 6.45) is -4.24. The highest BCUT2D eigenvalue weighted by Crippen LogP contribution is 2.33. The summed E-state index contributed by atoms with van der Waals surface area (Å²) in [6, 6.07) is 9.29. The van der Waals surface area contributed by atoms with Crippen LogP contribution >= 0.6 is 0 Å². The van der Waals surface area contributed by atoms with E-state index in [-0.39, 0.29) is 12.4 Å². The molecule has 23 heavy (non-hydrogen) atoms. The highest BCUT2D eigenvalue weighted by atomic mass is 16.8. The van der Waals surface area contributed by atoms with Crippen LogP contribution in [0.4, 0.5) is 0 Å². The Morgan fingerprint density at radius 3 is 2.61 bits per heavy atom. The van der Waals surface area contributed by atoms with Crippen LogP contribution in [0, 0.1) is 0 Å². The lowest BCUT2D eigenvalue weighted by molar-refractivity contribution is -0.314. The maximum absolute atomic E-state index is 12.6. The van der Waals surface area contributed by atoms with E-state index < -0.39 is 36.9 Å². The molecule has 1 aromatic rings. The van der Waals surface area contributed by atoms with E-state index in [1.54, 1.807) is 0 Å². The average Bonchev–Trinajstić information content (AvgIpc) is 2.57. The van der Waals surface area contributed by atoms with Gasteiger partial charge >= 0.3 is 5.97 Å². The lowest BCUT2D eigenvalue weighted by Crippen LogP contribution is -2.60. The average molecular weight is 322 g/mol. The van der Waals surface area contributed by atoms with E-state index in [1.165, 1.54) is 14.0 Å². The molecule has 0 radical (unpaired) electrons. The fraction of sp³-hybridized carbons (Fsp3) is 0.500. The summed E-state index contributed by atoms with van der Waals surface area (Å²) in [5.41, 5.74) is 0.802. The Morgan fingerprint density at radius 2 is 1.96 bits per heavy atom. The second-order valence-corrected chi connectivity index (χ2v) is 5.34. The van der Waals surface area contributed by atoms with Gasteiger partial charge in [0.2, 0.25) is 18.2 Å². The van der Waals surface area contributed by atoms with Crippen molar-refractivity contribution >= 4 is 11.8 Å². The number of hydrogen-bond acceptors (Lipinski definition) is 7. The minimum Gasteiger partial charge on any atom is -0.449 e. The van der Waals surface area contributed by atoms with E-state index in [2.05, 4.69) is 0 Å². The first-order valence-electron chi connectivity index (χ1n) is 7.31. The molecular formula is C16H18O7. The van der Waals surface area contributed by atoms with E-state index in [0.29, 0.717) is 0 Å². The van der Waals surface area contributed by atoms with Gasteiger partial charge < -0.3 is 23.7 Å². The first-order valence-corrected chi connectivity index (χ1v) is 7.31. The number of carbonyl (C=O) groups excluding carboxylic acids is 2. The molecule has 2 saturated heterocycles. The molecule has 2 fully saturated rings. The Bertz CT molecular complexity index is 573. The Morgan fingerprint density at radius 1 is 1.22 bits per heavy atom. The quantitative estimate of drug-likeness (QED) is 0.767. The van der Waals surface area contributed by atoms with Crippen LogP contribution in [0.25, 0.3) is 0 Å². The van der Waals surface area contributed by atoms with Crippen molar-refractivity contribution in [3.05, 3.63) is 35.9 Å². The van der Waals surface area contributed by atoms with Crippen LogP contribution in [-0.2, 0) is 33.3 Å². The zero-order valence-electron chi connectivity index (χ0n) is 12.8. The van der Waals surface area contributed by atoms with Gasteiger partial charge in [0.25, 0.3) is 0 Å². The van der Waals surface area contributed by atoms with Gasteiger partial charge in [-0.1, -0.05) is 30.3 Å². The van der Waals surface area contributed by atoms with Gasteiger partial charge in [0.1, 0.15) is 6.10 Å². The number of ketones is 1. The number of fused-ring (bicyclic) bond motifs is 1. The molecular weight excluding hydrogens is 304 g/mol. The van der Waals surface area contributed by atoms with Crippen molar-refractivity contribution in [2.45, 2.75) is 37.8 Å². The molecule has 3 rings (SSSR count). The third-order valence-corrected chi connectivity index (χ3v) is 3.73. The van der Waals surface area contributed by atoms with Crippen LogP contribution < -0.4 is 0 Å². The maximum Gasteiger partial charge on any atom is 0.303 e. The van der Waals surface area contributed by atoms with Crippen LogP contribution in [0.2, 0.25) is 0 Å². The van der Waals surface area contributed by atoms with Crippen LogP contribution in [0.15, 0.2) is 30.3 Å². The fourth-order valence-electron chi connectivity index (χ4n) is 2.69. The second-order valence-electron chi connectivity index (χ2n) is 5.34. The molecule has 0 aliphatic carbocycles. The first kappa shape index (κ1) is 16.1. The Balaban J connectivity index is 1.77. The highest BCUT2D eigenvalue weighted by Gasteiger charge is 2.51. The van der Waals surface area contributed by atoms with Gasteiger partial charge in [0.05, 0.1) is 6.61 Å². The summed E-state index contributed by atoms with van der Waals surface area (Å²) in [7, 11) is 1.38. The molecule has 2 aliphatic rings. The van der Waals surface area contributed by atoms with Crippen molar-refractivity contribution in [3.8, 4) is 0 Å². The van der Waals surface area contributed by atoms with E-state index in [4.69, 9.17) is 23.7 Å². The molecule has 0 aromatic heterocycles. The minimum atomic E-state index is -1.15. The van der Waals surface area contributed by atoms with Crippen molar-refractivity contribution in [3.63, 3.8) is 0 Å². The lowest BCUT2D eigenvalue weighted by Gasteiger charge is -2.42. The van der Waals surface area contributed by atoms with Gasteiger partial charge in [-0.25, -0.2) is 0 Å². The molecule has 1 aromatic carbocycles. The monoisotopic (exact) mass is 322 g/mol. The summed E-state index contributed by atoms with van der Waals surface area (Å²) < 4.78 is 27.2. The Kier molecular flexibility index (Phi) is 4.72. The number of Topliss-reactive ketones (excluding diaryl/α,β-unsaturated/α-hetero) is 1. The second kappa shape index (κ2) is 6.76. The summed E-state index contributed by atoms with van der Waals surface area (Å²) in [5, 5.41) is 0. The number of benzene rings is 1. The van der Waals surface area contributed by atoms with E-state index in [0.717, 1.165) is 5.56 Å². The molecule has 2 aliphatic heterocycles. The first-order chi connectivity index (χ1) is 11.1. The van der Waals surface area contributed by atoms with Gasteiger partial charge in [-0.3, -0.25) is 9.59 Å². The van der Waals surface area contributed by atoms with Crippen LogP contribution in [0.5, 0.6) is 0 Å². The highest BCUT2D eigenvalue weighted by molar-refractivity contribution is 5.90. The van der Waals surface area contributed by atoms with Crippen molar-refractivity contribution in [1.29, 1.82) is 0 Å². The van der Waals surface area contributed by atoms with Crippen LogP contribution in [0.3, 0.4) is 0 Å². The fourth-order valence-corrected chi connectivity index (χ4v) is 2.69. The molecule has 2 heterocycles. The molecule has 0 spiro atoms. The predicted molar refractivity (Wildman–Crippen MR) is 76.2 cm³/mol. The number of methoxy groups -OCH3 is 1. The van der Waals surface area contributed by atoms with Gasteiger partial charge in [0.15, 0.2) is 12.4 Å². The van der Waals surface area contributed by atoms with Gasteiger partial charge in [0, 0.05) is 19.6 Å². The molecule has 0 amide bonds. The smallest absolute Gasteiger partial charge is 0.303 e. The molecule has 7 nitrogen and oxygen atoms in total. The molecule has 0 N–H and O–H groups in total. The SMILES string of the molecule is CO[C@@H]1O[C@@H]2CO[C@H](c3ccccc3)O[C@H]2C(=O)[C@H]1OC(C)=O. The number of ether oxygens (including phenoxy) is 5. The number of hydrogen-bond donors (Lipinski definition) is 0. The zero-order chi connectivity index (χ0) is 16.4. The van der Waals surface area contributed by atoms with Crippen molar-refractivity contribution < 1.29 is 33.3 Å². The summed E-state index contributed by atoms with van der Waals surface area (Å²) in [6.45, 7) is 1.41. The summed E-state index contributed by atoms with van der Waals surface area (Å²) in [4.78, 5) is 23.8. The number of rotatable bonds is 3. The van der Waals surface area contributed by atoms with E-state index >= 15 is 0 Å². The van der Waals surface area contributed by atoms with E-state index in [9.17, 15) is 9.59 Å². The third kappa shape index (κ3) is 3.28. The van der Waals surface area contributed by atoms with E-state index in [1.807, 2.05) is 30.3 Å². The topological polar surface area (TPSA) is 80.3 Å². The van der Waals surface area contributed by atoms with Crippen molar-refractivity contribution in [2.24, 2.45) is 0 Å². The molecule has 0 saturated carbocycles. The third-order valence-electron chi connectivity index (χ3n) is 3.73. The van der Waals surface area contributed by atoms with Crippen LogP contribution in [-0.4, -0.2) is 50.1 Å². The zero-order valence-corrected chi connectivity index (χ0v) is 12.8. The van der Waals surface area contributed by atoms with Crippen molar-refractivity contribution in [2.75, 3.05) is 13.7 Å². The molecule has 124 valence electrons. The molecule has 0 bridgehead atoms. The number of carbonyl (C=O) groups is 2. The van der Waals surface area contributed by atoms with Gasteiger partial charge in [-0.2, -0.15) is 0 Å². The molecule has 5 atom stereocenters.